The van der Waals surface area contributed by atoms with Crippen molar-refractivity contribution in [2.45, 2.75) is 0 Å². The molecule has 2 aromatic rings. The first-order valence-corrected chi connectivity index (χ1v) is 5.16. The van der Waals surface area contributed by atoms with Gasteiger partial charge in [0.05, 0.1) is 16.1 Å². The molecular formula is C10H13ClN4. The Bertz CT molecular complexity index is 477. The number of aromatic nitrogens is 2. The lowest BCUT2D eigenvalue weighted by Crippen LogP contribution is -2.15. The fourth-order valence-electron chi connectivity index (χ4n) is 1.56. The fourth-order valence-corrected chi connectivity index (χ4v) is 1.86. The molecule has 0 spiro atoms. The van der Waals surface area contributed by atoms with Crippen LogP contribution in [0.2, 0.25) is 5.02 Å². The molecule has 0 aliphatic heterocycles. The highest BCUT2D eigenvalue weighted by atomic mass is 35.5. The Labute approximate surface area is 93.0 Å². The van der Waals surface area contributed by atoms with E-state index in [9.17, 15) is 0 Å². The van der Waals surface area contributed by atoms with Crippen LogP contribution >= 0.6 is 11.6 Å². The van der Waals surface area contributed by atoms with Gasteiger partial charge in [0.25, 0.3) is 0 Å². The molecule has 15 heavy (non-hydrogen) atoms. The molecule has 0 radical (unpaired) electrons. The first-order valence-electron chi connectivity index (χ1n) is 4.79. The molecule has 0 saturated carbocycles. The van der Waals surface area contributed by atoms with Crippen LogP contribution in [0.3, 0.4) is 0 Å². The summed E-state index contributed by atoms with van der Waals surface area (Å²) in [4.78, 5) is 4.42. The van der Waals surface area contributed by atoms with Crippen LogP contribution in [0.5, 0.6) is 0 Å². The summed E-state index contributed by atoms with van der Waals surface area (Å²) >= 11 is 6.10. The number of rotatable bonds is 3. The van der Waals surface area contributed by atoms with E-state index >= 15 is 0 Å². The molecule has 3 N–H and O–H groups in total. The molecule has 0 unspecified atom stereocenters. The number of benzene rings is 1. The fraction of sp³-hybridized carbons (Fsp3) is 0.300. The molecule has 5 heteroatoms. The second-order valence-electron chi connectivity index (χ2n) is 3.32. The van der Waals surface area contributed by atoms with Crippen molar-refractivity contribution in [3.63, 3.8) is 0 Å². The molecule has 0 saturated heterocycles. The number of aryl methyl sites for hydroxylation is 1. The van der Waals surface area contributed by atoms with E-state index in [0.717, 1.165) is 17.0 Å². The number of imidazole rings is 1. The Hall–Kier alpha value is -1.26. The van der Waals surface area contributed by atoms with Crippen molar-refractivity contribution < 1.29 is 0 Å². The molecule has 4 nitrogen and oxygen atoms in total. The van der Waals surface area contributed by atoms with Gasteiger partial charge in [-0.15, -0.1) is 0 Å². The number of fused-ring (bicyclic) bond motifs is 1. The molecule has 0 aliphatic rings. The molecule has 0 fully saturated rings. The lowest BCUT2D eigenvalue weighted by molar-refractivity contribution is 0.915. The molecule has 0 atom stereocenters. The molecular weight excluding hydrogens is 212 g/mol. The second-order valence-corrected chi connectivity index (χ2v) is 3.72. The summed E-state index contributed by atoms with van der Waals surface area (Å²) in [5.41, 5.74) is 7.26. The standard InChI is InChI=1S/C10H13ClN4/c1-15-9-7(11)3-2-4-8(9)14-10(15)13-6-5-12/h2-4H,5-6,12H2,1H3,(H,13,14). The van der Waals surface area contributed by atoms with Gasteiger partial charge in [-0.25, -0.2) is 4.98 Å². The van der Waals surface area contributed by atoms with Crippen LogP contribution in [0.4, 0.5) is 5.95 Å². The maximum atomic E-state index is 6.10. The predicted octanol–water partition coefficient (Wildman–Crippen LogP) is 1.60. The van der Waals surface area contributed by atoms with E-state index in [1.807, 2.05) is 29.8 Å². The van der Waals surface area contributed by atoms with Crippen LogP contribution < -0.4 is 11.1 Å². The van der Waals surface area contributed by atoms with Crippen LogP contribution in [0.25, 0.3) is 11.0 Å². The maximum absolute atomic E-state index is 6.10. The van der Waals surface area contributed by atoms with E-state index in [-0.39, 0.29) is 0 Å². The summed E-state index contributed by atoms with van der Waals surface area (Å²) in [7, 11) is 1.93. The Morgan fingerprint density at radius 1 is 1.53 bits per heavy atom. The summed E-state index contributed by atoms with van der Waals surface area (Å²) in [5, 5.41) is 3.86. The van der Waals surface area contributed by atoms with Gasteiger partial charge in [-0.3, -0.25) is 0 Å². The molecule has 1 aromatic heterocycles. The van der Waals surface area contributed by atoms with Crippen molar-refractivity contribution in [3.05, 3.63) is 23.2 Å². The lowest BCUT2D eigenvalue weighted by Gasteiger charge is -2.04. The van der Waals surface area contributed by atoms with Gasteiger partial charge in [0, 0.05) is 20.1 Å². The zero-order chi connectivity index (χ0) is 10.8. The van der Waals surface area contributed by atoms with Gasteiger partial charge in [-0.2, -0.15) is 0 Å². The highest BCUT2D eigenvalue weighted by Crippen LogP contribution is 2.25. The van der Waals surface area contributed by atoms with Crippen molar-refractivity contribution in [3.8, 4) is 0 Å². The van der Waals surface area contributed by atoms with E-state index < -0.39 is 0 Å². The Balaban J connectivity index is 2.50. The van der Waals surface area contributed by atoms with Gasteiger partial charge < -0.3 is 15.6 Å². The summed E-state index contributed by atoms with van der Waals surface area (Å²) in [5.74, 6) is 0.795. The third-order valence-electron chi connectivity index (χ3n) is 2.27. The Kier molecular flexibility index (Phi) is 2.79. The van der Waals surface area contributed by atoms with Crippen LogP contribution in [0.15, 0.2) is 18.2 Å². The largest absolute Gasteiger partial charge is 0.354 e. The van der Waals surface area contributed by atoms with Crippen LogP contribution in [-0.4, -0.2) is 22.6 Å². The van der Waals surface area contributed by atoms with Crippen molar-refractivity contribution in [1.29, 1.82) is 0 Å². The van der Waals surface area contributed by atoms with Crippen molar-refractivity contribution in [1.82, 2.24) is 9.55 Å². The number of hydrogen-bond acceptors (Lipinski definition) is 3. The Morgan fingerprint density at radius 2 is 2.33 bits per heavy atom. The van der Waals surface area contributed by atoms with E-state index in [4.69, 9.17) is 17.3 Å². The highest BCUT2D eigenvalue weighted by molar-refractivity contribution is 6.35. The average molecular weight is 225 g/mol. The monoisotopic (exact) mass is 224 g/mol. The molecule has 2 rings (SSSR count). The van der Waals surface area contributed by atoms with Gasteiger partial charge >= 0.3 is 0 Å². The molecule has 1 heterocycles. The van der Waals surface area contributed by atoms with Crippen LogP contribution in [-0.2, 0) is 7.05 Å². The van der Waals surface area contributed by atoms with E-state index in [0.29, 0.717) is 18.1 Å². The van der Waals surface area contributed by atoms with Crippen molar-refractivity contribution >= 4 is 28.6 Å². The SMILES string of the molecule is Cn1c(NCCN)nc2cccc(Cl)c21. The maximum Gasteiger partial charge on any atom is 0.203 e. The van der Waals surface area contributed by atoms with Crippen LogP contribution in [0, 0.1) is 0 Å². The highest BCUT2D eigenvalue weighted by Gasteiger charge is 2.09. The molecule has 0 amide bonds. The van der Waals surface area contributed by atoms with Gasteiger partial charge in [-0.05, 0) is 12.1 Å². The Morgan fingerprint density at radius 3 is 3.00 bits per heavy atom. The molecule has 80 valence electrons. The van der Waals surface area contributed by atoms with E-state index in [1.54, 1.807) is 0 Å². The summed E-state index contributed by atoms with van der Waals surface area (Å²) in [6, 6.07) is 5.69. The third-order valence-corrected chi connectivity index (χ3v) is 2.58. The number of halogens is 1. The number of nitrogens with two attached hydrogens (primary N) is 1. The van der Waals surface area contributed by atoms with E-state index in [1.165, 1.54) is 0 Å². The van der Waals surface area contributed by atoms with Gasteiger partial charge in [-0.1, -0.05) is 17.7 Å². The van der Waals surface area contributed by atoms with Gasteiger partial charge in [0.15, 0.2) is 0 Å². The van der Waals surface area contributed by atoms with Crippen LogP contribution in [0.1, 0.15) is 0 Å². The normalized spacial score (nSPS) is 10.9. The first-order chi connectivity index (χ1) is 7.24. The van der Waals surface area contributed by atoms with Gasteiger partial charge in [0.1, 0.15) is 0 Å². The summed E-state index contributed by atoms with van der Waals surface area (Å²) in [6.45, 7) is 1.28. The predicted molar refractivity (Wildman–Crippen MR) is 63.3 cm³/mol. The van der Waals surface area contributed by atoms with Crippen molar-refractivity contribution in [2.24, 2.45) is 12.8 Å². The second kappa shape index (κ2) is 4.08. The van der Waals surface area contributed by atoms with Crippen molar-refractivity contribution in [2.75, 3.05) is 18.4 Å². The zero-order valence-corrected chi connectivity index (χ0v) is 9.25. The lowest BCUT2D eigenvalue weighted by atomic mass is 10.3. The number of para-hydroxylation sites is 1. The summed E-state index contributed by atoms with van der Waals surface area (Å²) in [6.07, 6.45) is 0. The molecule has 1 aromatic carbocycles. The average Bonchev–Trinajstić information content (AvgIpc) is 2.54. The minimum absolute atomic E-state index is 0.580. The molecule has 0 bridgehead atoms. The quantitative estimate of drug-likeness (QED) is 0.833. The van der Waals surface area contributed by atoms with Gasteiger partial charge in [0.2, 0.25) is 5.95 Å². The number of nitrogens with zero attached hydrogens (tertiary/aromatic N) is 2. The number of hydrogen-bond donors (Lipinski definition) is 2. The number of nitrogens with one attached hydrogen (secondary N) is 1. The number of anilines is 1. The summed E-state index contributed by atoms with van der Waals surface area (Å²) < 4.78 is 1.94. The smallest absolute Gasteiger partial charge is 0.203 e. The minimum Gasteiger partial charge on any atom is -0.354 e. The first kappa shape index (κ1) is 10.3. The zero-order valence-electron chi connectivity index (χ0n) is 8.50. The minimum atomic E-state index is 0.580. The third kappa shape index (κ3) is 1.78. The van der Waals surface area contributed by atoms with E-state index in [2.05, 4.69) is 10.3 Å². The molecule has 0 aliphatic carbocycles. The topological polar surface area (TPSA) is 55.9 Å².